The molecule has 0 aromatic heterocycles. The van der Waals surface area contributed by atoms with Gasteiger partial charge in [-0.1, -0.05) is 19.8 Å². The summed E-state index contributed by atoms with van der Waals surface area (Å²) in [5, 5.41) is 17.9. The second kappa shape index (κ2) is 6.21. The predicted molar refractivity (Wildman–Crippen MR) is 60.2 cm³/mol. The van der Waals surface area contributed by atoms with Crippen LogP contribution in [0.1, 0.15) is 39.0 Å². The SMILES string of the molecule is CC1CCCC(CCOCCO)(C(=O)O)C1. The highest BCUT2D eigenvalue weighted by Crippen LogP contribution is 2.42. The molecule has 0 amide bonds. The Bertz CT molecular complexity index is 229. The van der Waals surface area contributed by atoms with Crippen LogP contribution >= 0.6 is 0 Å². The van der Waals surface area contributed by atoms with E-state index in [9.17, 15) is 9.90 Å². The number of aliphatic carboxylic acids is 1. The third-order valence-electron chi connectivity index (χ3n) is 3.51. The van der Waals surface area contributed by atoms with Gasteiger partial charge in [-0.2, -0.15) is 0 Å². The molecule has 1 rings (SSSR count). The summed E-state index contributed by atoms with van der Waals surface area (Å²) < 4.78 is 5.18. The lowest BCUT2D eigenvalue weighted by Gasteiger charge is -2.36. The van der Waals surface area contributed by atoms with Gasteiger partial charge in [0.25, 0.3) is 0 Å². The minimum absolute atomic E-state index is 0.00350. The van der Waals surface area contributed by atoms with Crippen LogP contribution in [0.3, 0.4) is 0 Å². The molecule has 1 aliphatic carbocycles. The number of aliphatic hydroxyl groups excluding tert-OH is 1. The zero-order valence-corrected chi connectivity index (χ0v) is 9.95. The summed E-state index contributed by atoms with van der Waals surface area (Å²) >= 11 is 0. The van der Waals surface area contributed by atoms with E-state index in [1.807, 2.05) is 0 Å². The molecular formula is C12H22O4. The minimum Gasteiger partial charge on any atom is -0.481 e. The third-order valence-corrected chi connectivity index (χ3v) is 3.51. The lowest BCUT2D eigenvalue weighted by atomic mass is 9.68. The van der Waals surface area contributed by atoms with Crippen LogP contribution in [0.25, 0.3) is 0 Å². The van der Waals surface area contributed by atoms with E-state index in [2.05, 4.69) is 6.92 Å². The first kappa shape index (κ1) is 13.5. The number of rotatable bonds is 6. The van der Waals surface area contributed by atoms with Crippen molar-refractivity contribution in [2.24, 2.45) is 11.3 Å². The van der Waals surface area contributed by atoms with E-state index in [1.165, 1.54) is 0 Å². The minimum atomic E-state index is -0.688. The third kappa shape index (κ3) is 3.46. The molecule has 0 heterocycles. The zero-order valence-electron chi connectivity index (χ0n) is 9.95. The number of carboxylic acid groups (broad SMARTS) is 1. The summed E-state index contributed by atoms with van der Waals surface area (Å²) in [6.45, 7) is 2.84. The van der Waals surface area contributed by atoms with Crippen LogP contribution in [0, 0.1) is 11.3 Å². The molecule has 0 aromatic rings. The van der Waals surface area contributed by atoms with Crippen LogP contribution in [0.4, 0.5) is 0 Å². The van der Waals surface area contributed by atoms with Gasteiger partial charge in [-0.05, 0) is 25.2 Å². The average Bonchev–Trinajstić information content (AvgIpc) is 2.24. The first-order valence-electron chi connectivity index (χ1n) is 6.03. The summed E-state index contributed by atoms with van der Waals surface area (Å²) in [6, 6.07) is 0. The van der Waals surface area contributed by atoms with E-state index in [-0.39, 0.29) is 6.61 Å². The number of hydrogen-bond donors (Lipinski definition) is 2. The van der Waals surface area contributed by atoms with Gasteiger partial charge in [0.05, 0.1) is 18.6 Å². The average molecular weight is 230 g/mol. The van der Waals surface area contributed by atoms with Gasteiger partial charge < -0.3 is 14.9 Å². The van der Waals surface area contributed by atoms with E-state index in [4.69, 9.17) is 9.84 Å². The second-order valence-corrected chi connectivity index (χ2v) is 4.87. The number of aliphatic hydroxyl groups is 1. The molecule has 1 fully saturated rings. The maximum atomic E-state index is 11.4. The summed E-state index contributed by atoms with van der Waals surface area (Å²) in [4.78, 5) is 11.4. The quantitative estimate of drug-likeness (QED) is 0.681. The largest absolute Gasteiger partial charge is 0.481 e. The predicted octanol–water partition coefficient (Wildman–Crippen LogP) is 1.67. The molecule has 2 atom stereocenters. The topological polar surface area (TPSA) is 66.8 Å². The van der Waals surface area contributed by atoms with Crippen molar-refractivity contribution >= 4 is 5.97 Å². The number of carbonyl (C=O) groups is 1. The molecule has 0 bridgehead atoms. The monoisotopic (exact) mass is 230 g/mol. The summed E-state index contributed by atoms with van der Waals surface area (Å²) in [5.74, 6) is -0.200. The van der Waals surface area contributed by atoms with E-state index in [0.717, 1.165) is 25.7 Å². The molecule has 0 saturated heterocycles. The first-order valence-corrected chi connectivity index (χ1v) is 6.03. The van der Waals surface area contributed by atoms with Gasteiger partial charge >= 0.3 is 5.97 Å². The molecule has 0 radical (unpaired) electrons. The molecule has 2 N–H and O–H groups in total. The van der Waals surface area contributed by atoms with Gasteiger partial charge in [0.1, 0.15) is 0 Å². The van der Waals surface area contributed by atoms with Crippen LogP contribution in [0.15, 0.2) is 0 Å². The van der Waals surface area contributed by atoms with Crippen LogP contribution in [0.2, 0.25) is 0 Å². The van der Waals surface area contributed by atoms with E-state index in [1.54, 1.807) is 0 Å². The molecule has 94 valence electrons. The van der Waals surface area contributed by atoms with Crippen molar-refractivity contribution in [2.45, 2.75) is 39.0 Å². The smallest absolute Gasteiger partial charge is 0.309 e. The van der Waals surface area contributed by atoms with Crippen molar-refractivity contribution < 1.29 is 19.7 Å². The number of hydrogen-bond acceptors (Lipinski definition) is 3. The molecule has 1 aliphatic rings. The van der Waals surface area contributed by atoms with Crippen molar-refractivity contribution in [1.29, 1.82) is 0 Å². The van der Waals surface area contributed by atoms with Gasteiger partial charge in [0.2, 0.25) is 0 Å². The first-order chi connectivity index (χ1) is 7.60. The molecule has 4 heteroatoms. The Morgan fingerprint density at radius 3 is 2.81 bits per heavy atom. The zero-order chi connectivity index (χ0) is 12.0. The van der Waals surface area contributed by atoms with E-state index in [0.29, 0.717) is 25.6 Å². The maximum absolute atomic E-state index is 11.4. The van der Waals surface area contributed by atoms with Gasteiger partial charge in [-0.3, -0.25) is 4.79 Å². The lowest BCUT2D eigenvalue weighted by Crippen LogP contribution is -2.37. The summed E-state index contributed by atoms with van der Waals surface area (Å²) in [7, 11) is 0. The fraction of sp³-hybridized carbons (Fsp3) is 0.917. The highest BCUT2D eigenvalue weighted by Gasteiger charge is 2.41. The van der Waals surface area contributed by atoms with Crippen LogP contribution in [0.5, 0.6) is 0 Å². The van der Waals surface area contributed by atoms with Gasteiger partial charge in [-0.25, -0.2) is 0 Å². The Balaban J connectivity index is 2.48. The molecule has 4 nitrogen and oxygen atoms in total. The number of ether oxygens (including phenoxy) is 1. The van der Waals surface area contributed by atoms with Crippen molar-refractivity contribution in [3.05, 3.63) is 0 Å². The van der Waals surface area contributed by atoms with Crippen LogP contribution < -0.4 is 0 Å². The van der Waals surface area contributed by atoms with Crippen LogP contribution in [-0.4, -0.2) is 36.0 Å². The normalized spacial score (nSPS) is 30.2. The highest BCUT2D eigenvalue weighted by molar-refractivity contribution is 5.74. The van der Waals surface area contributed by atoms with Gasteiger partial charge in [0.15, 0.2) is 0 Å². The van der Waals surface area contributed by atoms with Crippen molar-refractivity contribution in [3.8, 4) is 0 Å². The molecule has 0 spiro atoms. The number of carboxylic acids is 1. The Kier molecular flexibility index (Phi) is 5.22. The van der Waals surface area contributed by atoms with Crippen molar-refractivity contribution in [2.75, 3.05) is 19.8 Å². The fourth-order valence-corrected chi connectivity index (χ4v) is 2.62. The molecule has 0 aromatic carbocycles. The molecule has 1 saturated carbocycles. The molecule has 0 aliphatic heterocycles. The Hall–Kier alpha value is -0.610. The fourth-order valence-electron chi connectivity index (χ4n) is 2.62. The Morgan fingerprint density at radius 1 is 1.50 bits per heavy atom. The molecule has 16 heavy (non-hydrogen) atoms. The van der Waals surface area contributed by atoms with Crippen molar-refractivity contribution in [1.82, 2.24) is 0 Å². The highest BCUT2D eigenvalue weighted by atomic mass is 16.5. The maximum Gasteiger partial charge on any atom is 0.309 e. The van der Waals surface area contributed by atoms with Gasteiger partial charge in [-0.15, -0.1) is 0 Å². The second-order valence-electron chi connectivity index (χ2n) is 4.87. The van der Waals surface area contributed by atoms with Crippen LogP contribution in [-0.2, 0) is 9.53 Å². The van der Waals surface area contributed by atoms with E-state index < -0.39 is 11.4 Å². The lowest BCUT2D eigenvalue weighted by molar-refractivity contribution is -0.153. The Labute approximate surface area is 96.6 Å². The van der Waals surface area contributed by atoms with E-state index >= 15 is 0 Å². The standard InChI is InChI=1S/C12H22O4/c1-10-3-2-4-12(9-10,11(14)15)5-7-16-8-6-13/h10,13H,2-9H2,1H3,(H,14,15). The van der Waals surface area contributed by atoms with Crippen molar-refractivity contribution in [3.63, 3.8) is 0 Å². The molecule has 2 unspecified atom stereocenters. The molecular weight excluding hydrogens is 208 g/mol. The van der Waals surface area contributed by atoms with Gasteiger partial charge in [0, 0.05) is 6.61 Å². The summed E-state index contributed by atoms with van der Waals surface area (Å²) in [6.07, 6.45) is 4.20. The summed E-state index contributed by atoms with van der Waals surface area (Å²) in [5.41, 5.74) is -0.590. The Morgan fingerprint density at radius 2 is 2.25 bits per heavy atom.